The van der Waals surface area contributed by atoms with Crippen molar-refractivity contribution in [3.8, 4) is 5.75 Å². The lowest BCUT2D eigenvalue weighted by Crippen LogP contribution is -2.49. The van der Waals surface area contributed by atoms with E-state index >= 15 is 0 Å². The van der Waals surface area contributed by atoms with Crippen LogP contribution >= 0.6 is 0 Å². The maximum Gasteiger partial charge on any atom is 0.332 e. The first-order chi connectivity index (χ1) is 17.9. The Morgan fingerprint density at radius 2 is 1.76 bits per heavy atom. The molecule has 37 heavy (non-hydrogen) atoms. The fraction of sp³-hybridized carbons (Fsp3) is 0.207. The summed E-state index contributed by atoms with van der Waals surface area (Å²) in [6, 6.07) is 21.6. The minimum absolute atomic E-state index is 0.237. The van der Waals surface area contributed by atoms with Crippen LogP contribution in [0.15, 0.2) is 72.8 Å². The molecule has 6 rings (SSSR count). The van der Waals surface area contributed by atoms with Crippen LogP contribution in [0, 0.1) is 0 Å². The Labute approximate surface area is 213 Å². The van der Waals surface area contributed by atoms with E-state index in [4.69, 9.17) is 4.74 Å². The largest absolute Gasteiger partial charge is 0.496 e. The summed E-state index contributed by atoms with van der Waals surface area (Å²) in [5.41, 5.74) is 2.87. The van der Waals surface area contributed by atoms with Crippen LogP contribution in [0.25, 0.3) is 10.9 Å². The Morgan fingerprint density at radius 1 is 1.03 bits per heavy atom. The third-order valence-electron chi connectivity index (χ3n) is 7.49. The molecule has 3 heterocycles. The number of H-pyrrole nitrogens is 1. The normalized spacial score (nSPS) is 18.6. The number of benzene rings is 3. The molecule has 2 aliphatic heterocycles. The number of hydrogen-bond donors (Lipinski definition) is 2. The van der Waals surface area contributed by atoms with Gasteiger partial charge in [-0.1, -0.05) is 48.5 Å². The second-order valence-electron chi connectivity index (χ2n) is 9.43. The molecule has 1 unspecified atom stereocenters. The van der Waals surface area contributed by atoms with E-state index in [1.807, 2.05) is 48.5 Å². The molecule has 2 aliphatic rings. The number of amides is 4. The van der Waals surface area contributed by atoms with Crippen LogP contribution in [0.4, 0.5) is 10.5 Å². The van der Waals surface area contributed by atoms with Crippen molar-refractivity contribution in [3.05, 3.63) is 95.2 Å². The number of ether oxygens (including phenoxy) is 1. The van der Waals surface area contributed by atoms with Gasteiger partial charge in [-0.05, 0) is 43.2 Å². The number of carbonyl (C=O) groups excluding carboxylic acids is 3. The number of aromatic amines is 1. The van der Waals surface area contributed by atoms with Gasteiger partial charge < -0.3 is 19.9 Å². The highest BCUT2D eigenvalue weighted by Gasteiger charge is 2.59. The Hall–Kier alpha value is -4.59. The summed E-state index contributed by atoms with van der Waals surface area (Å²) in [6.45, 7) is 2.43. The molecule has 1 aromatic heterocycles. The van der Waals surface area contributed by atoms with Gasteiger partial charge in [-0.15, -0.1) is 0 Å². The number of aromatic nitrogens is 1. The Bertz CT molecular complexity index is 1580. The summed E-state index contributed by atoms with van der Waals surface area (Å²) < 4.78 is 5.37. The zero-order chi connectivity index (χ0) is 25.7. The van der Waals surface area contributed by atoms with Crippen molar-refractivity contribution in [2.45, 2.75) is 25.4 Å². The molecule has 2 N–H and O–H groups in total. The van der Waals surface area contributed by atoms with Crippen LogP contribution in [-0.4, -0.2) is 41.4 Å². The van der Waals surface area contributed by atoms with E-state index in [1.165, 1.54) is 0 Å². The summed E-state index contributed by atoms with van der Waals surface area (Å²) in [5.74, 6) is -0.0988. The molecule has 8 nitrogen and oxygen atoms in total. The van der Waals surface area contributed by atoms with Crippen LogP contribution in [0.5, 0.6) is 5.75 Å². The molecule has 1 saturated heterocycles. The minimum Gasteiger partial charge on any atom is -0.496 e. The van der Waals surface area contributed by atoms with E-state index < -0.39 is 11.6 Å². The second kappa shape index (κ2) is 8.51. The van der Waals surface area contributed by atoms with Gasteiger partial charge in [-0.3, -0.25) is 9.59 Å². The van der Waals surface area contributed by atoms with Crippen molar-refractivity contribution in [2.75, 3.05) is 18.6 Å². The molecule has 1 atom stereocenters. The summed E-state index contributed by atoms with van der Waals surface area (Å²) in [6.07, 6.45) is 0.642. The Kier molecular flexibility index (Phi) is 5.26. The molecule has 4 aromatic rings. The van der Waals surface area contributed by atoms with Gasteiger partial charge in [0.05, 0.1) is 24.1 Å². The second-order valence-corrected chi connectivity index (χ2v) is 9.43. The third-order valence-corrected chi connectivity index (χ3v) is 7.49. The number of para-hydroxylation sites is 3. The van der Waals surface area contributed by atoms with Crippen LogP contribution in [-0.2, 0) is 23.3 Å². The van der Waals surface area contributed by atoms with E-state index in [2.05, 4.69) is 10.3 Å². The number of anilines is 1. The van der Waals surface area contributed by atoms with Gasteiger partial charge in [0.15, 0.2) is 5.54 Å². The Balaban J connectivity index is 1.35. The van der Waals surface area contributed by atoms with E-state index in [1.54, 1.807) is 43.2 Å². The van der Waals surface area contributed by atoms with Gasteiger partial charge in [0.25, 0.3) is 11.8 Å². The van der Waals surface area contributed by atoms with Crippen LogP contribution in [0.3, 0.4) is 0 Å². The van der Waals surface area contributed by atoms with Gasteiger partial charge in [0.2, 0.25) is 0 Å². The summed E-state index contributed by atoms with van der Waals surface area (Å²) in [4.78, 5) is 47.2. The van der Waals surface area contributed by atoms with Gasteiger partial charge in [-0.25, -0.2) is 9.69 Å². The lowest BCUT2D eigenvalue weighted by Gasteiger charge is -2.35. The molecule has 3 aromatic carbocycles. The number of fused-ring (bicyclic) bond motifs is 5. The maximum atomic E-state index is 14.0. The number of nitrogens with one attached hydrogen (secondary N) is 2. The number of methoxy groups -OCH3 is 1. The van der Waals surface area contributed by atoms with Crippen molar-refractivity contribution in [1.82, 2.24) is 15.2 Å². The monoisotopic (exact) mass is 494 g/mol. The number of rotatable bonds is 5. The summed E-state index contributed by atoms with van der Waals surface area (Å²) >= 11 is 0. The van der Waals surface area contributed by atoms with E-state index in [-0.39, 0.29) is 29.6 Å². The van der Waals surface area contributed by atoms with Crippen molar-refractivity contribution < 1.29 is 19.1 Å². The highest BCUT2D eigenvalue weighted by atomic mass is 16.5. The third kappa shape index (κ3) is 3.32. The minimum atomic E-state index is -1.19. The lowest BCUT2D eigenvalue weighted by molar-refractivity contribution is -0.125. The smallest absolute Gasteiger partial charge is 0.332 e. The van der Waals surface area contributed by atoms with Crippen molar-refractivity contribution in [2.24, 2.45) is 0 Å². The van der Waals surface area contributed by atoms with Crippen LogP contribution < -0.4 is 15.0 Å². The number of urea groups is 1. The summed E-state index contributed by atoms with van der Waals surface area (Å²) in [7, 11) is 1.58. The summed E-state index contributed by atoms with van der Waals surface area (Å²) in [5, 5.41) is 3.96. The first-order valence-corrected chi connectivity index (χ1v) is 12.2. The maximum absolute atomic E-state index is 14.0. The predicted molar refractivity (Wildman–Crippen MR) is 140 cm³/mol. The van der Waals surface area contributed by atoms with Crippen LogP contribution in [0.1, 0.15) is 34.1 Å². The van der Waals surface area contributed by atoms with E-state index in [0.29, 0.717) is 18.7 Å². The molecule has 186 valence electrons. The quantitative estimate of drug-likeness (QED) is 0.404. The lowest BCUT2D eigenvalue weighted by atomic mass is 9.87. The number of nitrogens with zero attached hydrogens (tertiary/aromatic N) is 2. The van der Waals surface area contributed by atoms with Crippen molar-refractivity contribution >= 4 is 34.4 Å². The SMILES string of the molecule is COc1ccccc1CNC(=O)c1ccccc1N1C(=O)N2CCc3c([nH]c4ccccc34)C2(C)C1=O. The number of imide groups is 1. The first-order valence-electron chi connectivity index (χ1n) is 12.2. The van der Waals surface area contributed by atoms with Gasteiger partial charge in [0.1, 0.15) is 5.75 Å². The van der Waals surface area contributed by atoms with Gasteiger partial charge in [-0.2, -0.15) is 0 Å². The molecular weight excluding hydrogens is 468 g/mol. The average molecular weight is 495 g/mol. The number of carbonyl (C=O) groups is 3. The molecular formula is C29H26N4O4. The molecule has 4 amide bonds. The zero-order valence-electron chi connectivity index (χ0n) is 20.6. The molecule has 0 bridgehead atoms. The zero-order valence-corrected chi connectivity index (χ0v) is 20.6. The molecule has 0 saturated carbocycles. The first kappa shape index (κ1) is 22.8. The average Bonchev–Trinajstić information content (AvgIpc) is 3.40. The van der Waals surface area contributed by atoms with Gasteiger partial charge in [0, 0.05) is 29.6 Å². The highest BCUT2D eigenvalue weighted by Crippen LogP contribution is 2.45. The fourth-order valence-electron chi connectivity index (χ4n) is 5.58. The predicted octanol–water partition coefficient (Wildman–Crippen LogP) is 4.35. The standard InChI is InChI=1S/C29H26N4O4/c1-29-25-20(19-10-4-6-12-22(19)31-25)15-16-32(29)28(36)33(27(29)35)23-13-7-5-11-21(23)26(34)30-17-18-9-3-8-14-24(18)37-2/h3-14,31H,15-17H2,1-2H3,(H,30,34). The topological polar surface area (TPSA) is 94.7 Å². The Morgan fingerprint density at radius 3 is 2.59 bits per heavy atom. The molecule has 8 heteroatoms. The fourth-order valence-corrected chi connectivity index (χ4v) is 5.58. The van der Waals surface area contributed by atoms with E-state index in [0.717, 1.165) is 32.6 Å². The van der Waals surface area contributed by atoms with Crippen molar-refractivity contribution in [1.29, 1.82) is 0 Å². The molecule has 0 aliphatic carbocycles. The van der Waals surface area contributed by atoms with Crippen molar-refractivity contribution in [3.63, 3.8) is 0 Å². The highest BCUT2D eigenvalue weighted by molar-refractivity contribution is 6.25. The number of hydrogen-bond acceptors (Lipinski definition) is 4. The van der Waals surface area contributed by atoms with Crippen LogP contribution in [0.2, 0.25) is 0 Å². The molecule has 1 fully saturated rings. The molecule has 0 radical (unpaired) electrons. The van der Waals surface area contributed by atoms with Gasteiger partial charge >= 0.3 is 6.03 Å². The molecule has 0 spiro atoms. The van der Waals surface area contributed by atoms with E-state index in [9.17, 15) is 14.4 Å².